The Morgan fingerprint density at radius 2 is 1.55 bits per heavy atom. The van der Waals surface area contributed by atoms with Gasteiger partial charge in [-0.1, -0.05) is 48.6 Å². The molecular weight excluding hydrogens is 480 g/mol. The molecule has 1 saturated carbocycles. The molecule has 3 aliphatic carbocycles. The van der Waals surface area contributed by atoms with Gasteiger partial charge < -0.3 is 14.6 Å². The van der Waals surface area contributed by atoms with Crippen LogP contribution in [0.4, 0.5) is 9.59 Å². The summed E-state index contributed by atoms with van der Waals surface area (Å²) < 4.78 is 11.0. The summed E-state index contributed by atoms with van der Waals surface area (Å²) in [5.41, 5.74) is 4.56. The summed E-state index contributed by atoms with van der Waals surface area (Å²) >= 11 is 0. The molecule has 0 spiro atoms. The van der Waals surface area contributed by atoms with Crippen molar-refractivity contribution in [2.75, 3.05) is 6.61 Å². The lowest BCUT2D eigenvalue weighted by Crippen LogP contribution is -2.42. The zero-order chi connectivity index (χ0) is 28.1. The number of aliphatic hydroxyl groups excluding tert-OH is 1. The van der Waals surface area contributed by atoms with Gasteiger partial charge >= 0.3 is 12.2 Å². The highest BCUT2D eigenvalue weighted by atomic mass is 16.6. The predicted molar refractivity (Wildman–Crippen MR) is 150 cm³/mol. The van der Waals surface area contributed by atoms with Gasteiger partial charge in [-0.3, -0.25) is 10.6 Å². The second kappa shape index (κ2) is 11.6. The Kier molecular flexibility index (Phi) is 8.93. The van der Waals surface area contributed by atoms with E-state index in [1.54, 1.807) is 6.08 Å². The highest BCUT2D eigenvalue weighted by Crippen LogP contribution is 2.53. The molecule has 7 heteroatoms. The molecule has 0 radical (unpaired) electrons. The van der Waals surface area contributed by atoms with E-state index in [0.717, 1.165) is 41.7 Å². The maximum atomic E-state index is 12.6. The van der Waals surface area contributed by atoms with Crippen LogP contribution in [-0.4, -0.2) is 35.1 Å². The van der Waals surface area contributed by atoms with Gasteiger partial charge in [-0.2, -0.15) is 0 Å². The van der Waals surface area contributed by atoms with Crippen molar-refractivity contribution in [2.24, 2.45) is 0 Å². The minimum absolute atomic E-state index is 0.000685. The molecule has 0 saturated heterocycles. The number of allylic oxidation sites excluding steroid dienone is 5. The van der Waals surface area contributed by atoms with Crippen molar-refractivity contribution in [1.29, 1.82) is 0 Å². The fourth-order valence-corrected chi connectivity index (χ4v) is 4.80. The Morgan fingerprint density at radius 1 is 0.974 bits per heavy atom. The summed E-state index contributed by atoms with van der Waals surface area (Å²) in [6.07, 6.45) is 9.44. The van der Waals surface area contributed by atoms with Crippen LogP contribution in [0.25, 0.3) is 5.57 Å². The number of fused-ring (bicyclic) bond motifs is 3. The Hall–Kier alpha value is -3.32. The molecule has 1 aromatic carbocycles. The molecule has 0 heterocycles. The average Bonchev–Trinajstić information content (AvgIpc) is 2.75. The molecule has 3 N–H and O–H groups in total. The lowest BCUT2D eigenvalue weighted by atomic mass is 9.58. The van der Waals surface area contributed by atoms with E-state index < -0.39 is 23.4 Å². The first kappa shape index (κ1) is 29.2. The van der Waals surface area contributed by atoms with E-state index >= 15 is 0 Å². The number of benzene rings is 1. The zero-order valence-electron chi connectivity index (χ0n) is 23.7. The quantitative estimate of drug-likeness (QED) is 0.363. The van der Waals surface area contributed by atoms with Crippen molar-refractivity contribution in [3.8, 4) is 0 Å². The van der Waals surface area contributed by atoms with Gasteiger partial charge in [-0.15, -0.1) is 0 Å². The lowest BCUT2D eigenvalue weighted by molar-refractivity contribution is 0.0540. The number of aliphatic hydroxyl groups is 1. The van der Waals surface area contributed by atoms with Crippen molar-refractivity contribution in [3.05, 3.63) is 76.7 Å². The van der Waals surface area contributed by atoms with Crippen LogP contribution in [0.3, 0.4) is 0 Å². The van der Waals surface area contributed by atoms with Crippen LogP contribution < -0.4 is 10.6 Å². The molecule has 2 amide bonds. The number of hydrogen-bond donors (Lipinski definition) is 3. The molecule has 4 rings (SSSR count). The van der Waals surface area contributed by atoms with E-state index in [1.165, 1.54) is 5.56 Å². The highest BCUT2D eigenvalue weighted by Gasteiger charge is 2.44. The van der Waals surface area contributed by atoms with E-state index in [-0.39, 0.29) is 12.0 Å². The zero-order valence-corrected chi connectivity index (χ0v) is 23.7. The van der Waals surface area contributed by atoms with Crippen LogP contribution in [0.15, 0.2) is 65.5 Å². The van der Waals surface area contributed by atoms with Crippen LogP contribution in [0.1, 0.15) is 85.3 Å². The molecule has 1 fully saturated rings. The smallest absolute Gasteiger partial charge is 0.411 e. The summed E-state index contributed by atoms with van der Waals surface area (Å²) in [6, 6.07) is 8.51. The maximum absolute atomic E-state index is 12.6. The molecule has 38 heavy (non-hydrogen) atoms. The summed E-state index contributed by atoms with van der Waals surface area (Å²) in [4.78, 5) is 25.2. The number of carbonyl (C=O) groups is 2. The third-order valence-electron chi connectivity index (χ3n) is 6.49. The maximum Gasteiger partial charge on any atom is 0.411 e. The van der Waals surface area contributed by atoms with Crippen molar-refractivity contribution >= 4 is 17.8 Å². The van der Waals surface area contributed by atoms with Gasteiger partial charge in [0, 0.05) is 23.2 Å². The molecular formula is C31H42N2O5. The summed E-state index contributed by atoms with van der Waals surface area (Å²) in [5, 5.41) is 15.0. The van der Waals surface area contributed by atoms with E-state index in [1.807, 2.05) is 66.7 Å². The second-order valence-corrected chi connectivity index (χ2v) is 12.0. The normalized spacial score (nSPS) is 20.2. The topological polar surface area (TPSA) is 96.9 Å². The number of amides is 2. The van der Waals surface area contributed by atoms with Gasteiger partial charge in [0.15, 0.2) is 0 Å². The Labute approximate surface area is 226 Å². The predicted octanol–water partition coefficient (Wildman–Crippen LogP) is 6.65. The summed E-state index contributed by atoms with van der Waals surface area (Å²) in [7, 11) is 0. The van der Waals surface area contributed by atoms with Crippen molar-refractivity contribution in [2.45, 2.75) is 90.8 Å². The number of ether oxygens (including phenoxy) is 2. The lowest BCUT2D eigenvalue weighted by Gasteiger charge is -2.46. The molecule has 1 aromatic rings. The minimum atomic E-state index is -0.619. The van der Waals surface area contributed by atoms with Gasteiger partial charge in [-0.25, -0.2) is 9.59 Å². The Bertz CT molecular complexity index is 1140. The standard InChI is InChI=1S/C31H42N2O5/c1-8-21(10-9-17-34)22-11-13-24(14-12-22)31-16-15-25(32-27(35)37-29(2,3)4)18-26(23(19-31)20-31)33-28(36)38-30(5,6)7/h8-15,34H,16-20H2,1-7H3,(H,32,35)(H,33,36). The van der Waals surface area contributed by atoms with Crippen molar-refractivity contribution in [1.82, 2.24) is 10.6 Å². The molecule has 3 aliphatic rings. The van der Waals surface area contributed by atoms with Crippen molar-refractivity contribution in [3.63, 3.8) is 0 Å². The van der Waals surface area contributed by atoms with E-state index in [2.05, 4.69) is 34.9 Å². The van der Waals surface area contributed by atoms with Gasteiger partial charge in [0.05, 0.1) is 6.61 Å². The highest BCUT2D eigenvalue weighted by molar-refractivity contribution is 5.74. The first-order chi connectivity index (χ1) is 17.7. The number of alkyl carbamates (subject to hydrolysis) is 2. The number of carbonyl (C=O) groups excluding carboxylic acids is 2. The Balaban J connectivity index is 1.89. The molecule has 2 bridgehead atoms. The largest absolute Gasteiger partial charge is 0.444 e. The average molecular weight is 523 g/mol. The molecule has 0 aromatic heterocycles. The molecule has 0 atom stereocenters. The molecule has 0 aliphatic heterocycles. The van der Waals surface area contributed by atoms with Gasteiger partial charge in [0.1, 0.15) is 11.2 Å². The third kappa shape index (κ3) is 7.84. The number of rotatable bonds is 6. The fourth-order valence-electron chi connectivity index (χ4n) is 4.80. The van der Waals surface area contributed by atoms with E-state index in [4.69, 9.17) is 14.6 Å². The minimum Gasteiger partial charge on any atom is -0.444 e. The van der Waals surface area contributed by atoms with Crippen LogP contribution in [0, 0.1) is 0 Å². The van der Waals surface area contributed by atoms with Crippen LogP contribution in [0.5, 0.6) is 0 Å². The summed E-state index contributed by atoms with van der Waals surface area (Å²) in [6.45, 7) is 12.9. The van der Waals surface area contributed by atoms with Crippen LogP contribution in [0.2, 0.25) is 0 Å². The first-order valence-electron chi connectivity index (χ1n) is 13.2. The second-order valence-electron chi connectivity index (χ2n) is 12.0. The monoisotopic (exact) mass is 522 g/mol. The SMILES string of the molecule is CC=C(C=CCO)c1ccc(C23CC=C(NC(=O)OC(C)(C)C)CC(NC(=O)OC(C)(C)C)=C(C2)C3)cc1. The van der Waals surface area contributed by atoms with Gasteiger partial charge in [0.2, 0.25) is 0 Å². The van der Waals surface area contributed by atoms with Crippen LogP contribution in [-0.2, 0) is 14.9 Å². The van der Waals surface area contributed by atoms with E-state index in [0.29, 0.717) is 12.1 Å². The van der Waals surface area contributed by atoms with Gasteiger partial charge in [0.25, 0.3) is 0 Å². The Morgan fingerprint density at radius 3 is 2.08 bits per heavy atom. The third-order valence-corrected chi connectivity index (χ3v) is 6.49. The fraction of sp³-hybridized carbons (Fsp3) is 0.484. The summed E-state index contributed by atoms with van der Waals surface area (Å²) in [5.74, 6) is 0. The van der Waals surface area contributed by atoms with Crippen LogP contribution >= 0.6 is 0 Å². The number of nitrogens with one attached hydrogen (secondary N) is 2. The molecule has 206 valence electrons. The van der Waals surface area contributed by atoms with E-state index in [9.17, 15) is 9.59 Å². The molecule has 7 nitrogen and oxygen atoms in total. The molecule has 0 unspecified atom stereocenters. The number of hydrogen-bond acceptors (Lipinski definition) is 5. The van der Waals surface area contributed by atoms with Gasteiger partial charge in [-0.05, 0) is 90.0 Å². The van der Waals surface area contributed by atoms with Crippen molar-refractivity contribution < 1.29 is 24.2 Å². The first-order valence-corrected chi connectivity index (χ1v) is 13.2.